The lowest BCUT2D eigenvalue weighted by Crippen LogP contribution is -2.28. The molecule has 1 aromatic carbocycles. The standard InChI is InChI=1S/C13H8BrNO2S/c1-2-7-15-12(16)11(18-13(15)17)8-9-3-5-10(14)6-4-9/h1,3-6,8H,7H2/b11-8+. The summed E-state index contributed by atoms with van der Waals surface area (Å²) in [5.74, 6) is 1.97. The van der Waals surface area contributed by atoms with E-state index in [0.717, 1.165) is 26.7 Å². The third kappa shape index (κ3) is 2.66. The number of nitrogens with zero attached hydrogens (tertiary/aromatic N) is 1. The van der Waals surface area contributed by atoms with Crippen LogP contribution in [0, 0.1) is 12.3 Å². The van der Waals surface area contributed by atoms with E-state index in [-0.39, 0.29) is 17.7 Å². The molecule has 0 aromatic heterocycles. The minimum absolute atomic E-state index is 0.0162. The summed E-state index contributed by atoms with van der Waals surface area (Å²) in [5.41, 5.74) is 0.865. The number of benzene rings is 1. The Balaban J connectivity index is 2.25. The molecular formula is C13H8BrNO2S. The molecule has 18 heavy (non-hydrogen) atoms. The predicted molar refractivity (Wildman–Crippen MR) is 75.7 cm³/mol. The Bertz CT molecular complexity index is 572. The normalized spacial score (nSPS) is 17.3. The summed E-state index contributed by atoms with van der Waals surface area (Å²) in [6.07, 6.45) is 6.81. The van der Waals surface area contributed by atoms with Crippen molar-refractivity contribution >= 4 is 44.9 Å². The van der Waals surface area contributed by atoms with Crippen LogP contribution in [-0.4, -0.2) is 22.6 Å². The van der Waals surface area contributed by atoms with Gasteiger partial charge in [0.15, 0.2) is 0 Å². The quantitative estimate of drug-likeness (QED) is 0.620. The van der Waals surface area contributed by atoms with Gasteiger partial charge in [0, 0.05) is 4.47 Å². The second kappa shape index (κ2) is 5.42. The van der Waals surface area contributed by atoms with Crippen molar-refractivity contribution < 1.29 is 9.59 Å². The molecule has 1 aliphatic rings. The minimum Gasteiger partial charge on any atom is -0.268 e. The lowest BCUT2D eigenvalue weighted by Gasteiger charge is -2.06. The van der Waals surface area contributed by atoms with Crippen LogP contribution in [0.15, 0.2) is 33.6 Å². The van der Waals surface area contributed by atoms with Crippen molar-refractivity contribution in [3.8, 4) is 12.3 Å². The average molecular weight is 322 g/mol. The van der Waals surface area contributed by atoms with Gasteiger partial charge in [-0.25, -0.2) is 0 Å². The molecule has 3 nitrogen and oxygen atoms in total. The summed E-state index contributed by atoms with van der Waals surface area (Å²) in [5, 5.41) is -0.318. The van der Waals surface area contributed by atoms with Crippen LogP contribution in [0.3, 0.4) is 0 Å². The highest BCUT2D eigenvalue weighted by molar-refractivity contribution is 9.10. The van der Waals surface area contributed by atoms with Gasteiger partial charge >= 0.3 is 0 Å². The number of thioether (sulfide) groups is 1. The highest BCUT2D eigenvalue weighted by Crippen LogP contribution is 2.31. The van der Waals surface area contributed by atoms with E-state index in [1.165, 1.54) is 0 Å². The maximum absolute atomic E-state index is 11.9. The second-order valence-corrected chi connectivity index (χ2v) is 5.43. The first-order valence-electron chi connectivity index (χ1n) is 5.06. The number of hydrogen-bond donors (Lipinski definition) is 0. The van der Waals surface area contributed by atoms with Crippen molar-refractivity contribution in [1.29, 1.82) is 0 Å². The molecule has 0 N–H and O–H groups in total. The molecule has 1 aromatic rings. The summed E-state index contributed by atoms with van der Waals surface area (Å²) in [6, 6.07) is 7.47. The summed E-state index contributed by atoms with van der Waals surface area (Å²) in [4.78, 5) is 24.9. The minimum atomic E-state index is -0.328. The molecule has 1 aliphatic heterocycles. The molecule has 0 bridgehead atoms. The van der Waals surface area contributed by atoms with Gasteiger partial charge in [0.25, 0.3) is 11.1 Å². The molecule has 90 valence electrons. The number of rotatable bonds is 2. The smallest absolute Gasteiger partial charge is 0.268 e. The van der Waals surface area contributed by atoms with Crippen molar-refractivity contribution in [2.75, 3.05) is 6.54 Å². The van der Waals surface area contributed by atoms with Crippen LogP contribution < -0.4 is 0 Å². The number of terminal acetylenes is 1. The van der Waals surface area contributed by atoms with Crippen molar-refractivity contribution in [3.63, 3.8) is 0 Å². The van der Waals surface area contributed by atoms with Crippen LogP contribution in [0.5, 0.6) is 0 Å². The summed E-state index contributed by atoms with van der Waals surface area (Å²) < 4.78 is 0.958. The zero-order valence-corrected chi connectivity index (χ0v) is 11.6. The lowest BCUT2D eigenvalue weighted by atomic mass is 10.2. The number of hydrogen-bond acceptors (Lipinski definition) is 3. The molecule has 2 rings (SSSR count). The predicted octanol–water partition coefficient (Wildman–Crippen LogP) is 3.12. The van der Waals surface area contributed by atoms with Crippen LogP contribution in [0.4, 0.5) is 4.79 Å². The van der Waals surface area contributed by atoms with Crippen LogP contribution in [0.1, 0.15) is 5.56 Å². The van der Waals surface area contributed by atoms with E-state index in [9.17, 15) is 9.59 Å². The summed E-state index contributed by atoms with van der Waals surface area (Å²) in [6.45, 7) is 0.0162. The molecule has 0 unspecified atom stereocenters. The van der Waals surface area contributed by atoms with Gasteiger partial charge in [0.05, 0.1) is 11.4 Å². The van der Waals surface area contributed by atoms with Gasteiger partial charge in [-0.2, -0.15) is 0 Å². The topological polar surface area (TPSA) is 37.4 Å². The van der Waals surface area contributed by atoms with E-state index in [0.29, 0.717) is 4.91 Å². The fourth-order valence-corrected chi connectivity index (χ4v) is 2.54. The van der Waals surface area contributed by atoms with E-state index in [4.69, 9.17) is 6.42 Å². The zero-order chi connectivity index (χ0) is 13.1. The monoisotopic (exact) mass is 321 g/mol. The molecule has 2 amide bonds. The Hall–Kier alpha value is -1.51. The van der Waals surface area contributed by atoms with Gasteiger partial charge in [-0.3, -0.25) is 14.5 Å². The number of carbonyl (C=O) groups is 2. The molecular weight excluding hydrogens is 314 g/mol. The number of imide groups is 1. The molecule has 5 heteroatoms. The summed E-state index contributed by atoms with van der Waals surface area (Å²) in [7, 11) is 0. The summed E-state index contributed by atoms with van der Waals surface area (Å²) >= 11 is 4.24. The van der Waals surface area contributed by atoms with Crippen LogP contribution in [-0.2, 0) is 4.79 Å². The Morgan fingerprint density at radius 2 is 2.00 bits per heavy atom. The van der Waals surface area contributed by atoms with Gasteiger partial charge < -0.3 is 0 Å². The highest BCUT2D eigenvalue weighted by Gasteiger charge is 2.34. The first-order valence-corrected chi connectivity index (χ1v) is 6.67. The number of carbonyl (C=O) groups excluding carboxylic acids is 2. The van der Waals surface area contributed by atoms with E-state index in [1.54, 1.807) is 6.08 Å². The fraction of sp³-hybridized carbons (Fsp3) is 0.0769. The van der Waals surface area contributed by atoms with E-state index >= 15 is 0 Å². The van der Waals surface area contributed by atoms with Gasteiger partial charge in [-0.1, -0.05) is 34.0 Å². The number of halogens is 1. The zero-order valence-electron chi connectivity index (χ0n) is 9.22. The van der Waals surface area contributed by atoms with Crippen molar-refractivity contribution in [2.24, 2.45) is 0 Å². The third-order valence-corrected chi connectivity index (χ3v) is 3.73. The van der Waals surface area contributed by atoms with Gasteiger partial charge in [-0.15, -0.1) is 6.42 Å². The molecule has 0 atom stereocenters. The first-order chi connectivity index (χ1) is 8.61. The molecule has 1 heterocycles. The lowest BCUT2D eigenvalue weighted by molar-refractivity contribution is -0.122. The maximum Gasteiger partial charge on any atom is 0.294 e. The Morgan fingerprint density at radius 3 is 2.61 bits per heavy atom. The SMILES string of the molecule is C#CCN1C(=O)S/C(=C/c2ccc(Br)cc2)C1=O. The van der Waals surface area contributed by atoms with Gasteiger partial charge in [0.2, 0.25) is 0 Å². The van der Waals surface area contributed by atoms with Gasteiger partial charge in [-0.05, 0) is 35.5 Å². The van der Waals surface area contributed by atoms with Crippen LogP contribution in [0.25, 0.3) is 6.08 Å². The fourth-order valence-electron chi connectivity index (χ4n) is 1.44. The van der Waals surface area contributed by atoms with Crippen molar-refractivity contribution in [2.45, 2.75) is 0 Å². The maximum atomic E-state index is 11.9. The number of amides is 2. The third-order valence-electron chi connectivity index (χ3n) is 2.29. The second-order valence-electron chi connectivity index (χ2n) is 3.52. The largest absolute Gasteiger partial charge is 0.294 e. The molecule has 0 aliphatic carbocycles. The molecule has 0 saturated carbocycles. The molecule has 1 fully saturated rings. The average Bonchev–Trinajstić information content (AvgIpc) is 2.60. The molecule has 1 saturated heterocycles. The first kappa shape index (κ1) is 12.9. The molecule has 0 radical (unpaired) electrons. The highest BCUT2D eigenvalue weighted by atomic mass is 79.9. The van der Waals surface area contributed by atoms with Crippen molar-refractivity contribution in [3.05, 3.63) is 39.2 Å². The van der Waals surface area contributed by atoms with Crippen LogP contribution in [0.2, 0.25) is 0 Å². The van der Waals surface area contributed by atoms with Gasteiger partial charge in [0.1, 0.15) is 0 Å². The molecule has 0 spiro atoms. The Kier molecular flexibility index (Phi) is 3.90. The Morgan fingerprint density at radius 1 is 1.33 bits per heavy atom. The van der Waals surface area contributed by atoms with E-state index in [1.807, 2.05) is 24.3 Å². The van der Waals surface area contributed by atoms with Crippen LogP contribution >= 0.6 is 27.7 Å². The van der Waals surface area contributed by atoms with E-state index in [2.05, 4.69) is 21.9 Å². The Labute approximate surface area is 117 Å². The van der Waals surface area contributed by atoms with Crippen molar-refractivity contribution in [1.82, 2.24) is 4.90 Å². The van der Waals surface area contributed by atoms with E-state index < -0.39 is 0 Å².